The third-order valence-electron chi connectivity index (χ3n) is 5.74. The fraction of sp³-hybridized carbons (Fsp3) is 0.619. The van der Waals surface area contributed by atoms with Gasteiger partial charge in [-0.15, -0.1) is 16.4 Å². The van der Waals surface area contributed by atoms with E-state index in [4.69, 9.17) is 19.2 Å². The van der Waals surface area contributed by atoms with Crippen LogP contribution >= 0.6 is 11.3 Å². The van der Waals surface area contributed by atoms with Crippen molar-refractivity contribution in [2.45, 2.75) is 52.2 Å². The Labute approximate surface area is 179 Å². The minimum Gasteiger partial charge on any atom is -0.476 e. The molecule has 0 saturated carbocycles. The number of fused-ring (bicyclic) bond motifs is 5. The number of hydrogen-bond donors (Lipinski definition) is 0. The van der Waals surface area contributed by atoms with E-state index < -0.39 is 0 Å². The number of unbranched alkanes of at least 4 members (excludes halogenated alkanes) is 1. The van der Waals surface area contributed by atoms with Gasteiger partial charge in [-0.25, -0.2) is 4.98 Å². The first-order chi connectivity index (χ1) is 14.6. The minimum absolute atomic E-state index is 0.237. The molecule has 0 unspecified atom stereocenters. The summed E-state index contributed by atoms with van der Waals surface area (Å²) in [6, 6.07) is 0. The Balaban J connectivity index is 1.70. The molecule has 0 radical (unpaired) electrons. The van der Waals surface area contributed by atoms with Crippen LogP contribution in [0.2, 0.25) is 0 Å². The Kier molecular flexibility index (Phi) is 5.20. The van der Waals surface area contributed by atoms with Crippen molar-refractivity contribution in [2.75, 3.05) is 37.8 Å². The van der Waals surface area contributed by atoms with Crippen LogP contribution < -0.4 is 9.64 Å². The van der Waals surface area contributed by atoms with Gasteiger partial charge in [0.15, 0.2) is 0 Å². The van der Waals surface area contributed by atoms with Crippen LogP contribution in [0.4, 0.5) is 5.82 Å². The number of hydrogen-bond acceptors (Lipinski definition) is 9. The zero-order chi connectivity index (χ0) is 20.7. The van der Waals surface area contributed by atoms with Crippen molar-refractivity contribution in [3.8, 4) is 5.88 Å². The molecule has 30 heavy (non-hydrogen) atoms. The predicted octanol–water partition coefficient (Wildman–Crippen LogP) is 3.50. The number of thiophene rings is 1. The summed E-state index contributed by atoms with van der Waals surface area (Å²) < 4.78 is 18.6. The van der Waals surface area contributed by atoms with Gasteiger partial charge in [-0.1, -0.05) is 18.4 Å². The molecule has 0 aliphatic carbocycles. The predicted molar refractivity (Wildman–Crippen MR) is 117 cm³/mol. The van der Waals surface area contributed by atoms with E-state index in [1.807, 2.05) is 0 Å². The quantitative estimate of drug-likeness (QED) is 0.570. The van der Waals surface area contributed by atoms with Crippen molar-refractivity contribution in [1.29, 1.82) is 0 Å². The highest BCUT2D eigenvalue weighted by molar-refractivity contribution is 7.25. The SMILES string of the molecule is CCCCOc1nnnc2c1sc1nc(N3CCOCC3)c3c(c12)CC(C)(C)OC3. The van der Waals surface area contributed by atoms with E-state index in [2.05, 4.69) is 41.1 Å². The van der Waals surface area contributed by atoms with Crippen molar-refractivity contribution in [1.82, 2.24) is 20.4 Å². The second-order valence-corrected chi connectivity index (χ2v) is 9.47. The van der Waals surface area contributed by atoms with Crippen molar-refractivity contribution < 1.29 is 14.2 Å². The van der Waals surface area contributed by atoms with Crippen molar-refractivity contribution in [2.24, 2.45) is 0 Å². The number of rotatable bonds is 5. The third-order valence-corrected chi connectivity index (χ3v) is 6.80. The number of anilines is 1. The van der Waals surface area contributed by atoms with E-state index in [9.17, 15) is 0 Å². The smallest absolute Gasteiger partial charge is 0.255 e. The lowest BCUT2D eigenvalue weighted by Crippen LogP contribution is -2.39. The standard InChI is InChI=1S/C21H27N5O3S/c1-4-5-8-28-19-17-16(23-25-24-19)15-13-11-21(2,3)29-12-14(13)18(22-20(15)30-17)26-6-9-27-10-7-26/h4-12H2,1-3H3. The molecule has 0 aromatic carbocycles. The maximum atomic E-state index is 6.18. The Morgan fingerprint density at radius 1 is 1.17 bits per heavy atom. The summed E-state index contributed by atoms with van der Waals surface area (Å²) in [7, 11) is 0. The van der Waals surface area contributed by atoms with Gasteiger partial charge in [-0.05, 0) is 31.0 Å². The average Bonchev–Trinajstić information content (AvgIpc) is 3.13. The Hall–Kier alpha value is -2.10. The molecule has 2 aliphatic rings. The van der Waals surface area contributed by atoms with Crippen molar-refractivity contribution in [3.63, 3.8) is 0 Å². The lowest BCUT2D eigenvalue weighted by Gasteiger charge is -2.36. The van der Waals surface area contributed by atoms with Crippen LogP contribution in [0.25, 0.3) is 20.4 Å². The highest BCUT2D eigenvalue weighted by atomic mass is 32.1. The van der Waals surface area contributed by atoms with E-state index in [1.165, 1.54) is 5.56 Å². The first kappa shape index (κ1) is 19.8. The van der Waals surface area contributed by atoms with Crippen LogP contribution in [-0.2, 0) is 22.5 Å². The first-order valence-corrected chi connectivity index (χ1v) is 11.5. The van der Waals surface area contributed by atoms with E-state index in [1.54, 1.807) is 11.3 Å². The minimum atomic E-state index is -0.237. The van der Waals surface area contributed by atoms with Gasteiger partial charge in [0.2, 0.25) is 0 Å². The van der Waals surface area contributed by atoms with Gasteiger partial charge < -0.3 is 19.1 Å². The summed E-state index contributed by atoms with van der Waals surface area (Å²) in [5.41, 5.74) is 3.03. The Morgan fingerprint density at radius 3 is 2.80 bits per heavy atom. The molecule has 5 rings (SSSR count). The molecular formula is C21H27N5O3S. The molecule has 0 amide bonds. The van der Waals surface area contributed by atoms with Crippen LogP contribution in [0.3, 0.4) is 0 Å². The molecule has 0 spiro atoms. The van der Waals surface area contributed by atoms with Crippen LogP contribution in [0.1, 0.15) is 44.7 Å². The topological polar surface area (TPSA) is 82.5 Å². The number of pyridine rings is 1. The number of nitrogens with zero attached hydrogens (tertiary/aromatic N) is 5. The van der Waals surface area contributed by atoms with Gasteiger partial charge in [-0.3, -0.25) is 0 Å². The monoisotopic (exact) mass is 429 g/mol. The van der Waals surface area contributed by atoms with Gasteiger partial charge >= 0.3 is 0 Å². The Bertz CT molecular complexity index is 1080. The maximum Gasteiger partial charge on any atom is 0.255 e. The Morgan fingerprint density at radius 2 is 2.00 bits per heavy atom. The molecule has 3 aromatic heterocycles. The summed E-state index contributed by atoms with van der Waals surface area (Å²) >= 11 is 1.60. The molecule has 9 heteroatoms. The molecule has 8 nitrogen and oxygen atoms in total. The summed E-state index contributed by atoms with van der Waals surface area (Å²) in [4.78, 5) is 8.37. The summed E-state index contributed by atoms with van der Waals surface area (Å²) in [6.45, 7) is 10.7. The van der Waals surface area contributed by atoms with Crippen molar-refractivity contribution in [3.05, 3.63) is 11.1 Å². The highest BCUT2D eigenvalue weighted by Gasteiger charge is 2.33. The highest BCUT2D eigenvalue weighted by Crippen LogP contribution is 2.44. The second-order valence-electron chi connectivity index (χ2n) is 8.47. The summed E-state index contributed by atoms with van der Waals surface area (Å²) in [5.74, 6) is 1.57. The molecule has 0 N–H and O–H groups in total. The fourth-order valence-corrected chi connectivity index (χ4v) is 5.21. The normalized spacial score (nSPS) is 18.7. The zero-order valence-electron chi connectivity index (χ0n) is 17.7. The molecule has 160 valence electrons. The molecule has 1 saturated heterocycles. The first-order valence-electron chi connectivity index (χ1n) is 10.6. The summed E-state index contributed by atoms with van der Waals surface area (Å²) in [5, 5.41) is 13.7. The van der Waals surface area contributed by atoms with Gasteiger partial charge in [0.05, 0.1) is 32.0 Å². The van der Waals surface area contributed by atoms with E-state index >= 15 is 0 Å². The van der Waals surface area contributed by atoms with E-state index in [0.717, 1.165) is 77.4 Å². The van der Waals surface area contributed by atoms with Gasteiger partial charge in [0.25, 0.3) is 5.88 Å². The maximum absolute atomic E-state index is 6.18. The van der Waals surface area contributed by atoms with Crippen LogP contribution in [0.15, 0.2) is 0 Å². The molecule has 0 bridgehead atoms. The fourth-order valence-electron chi connectivity index (χ4n) is 4.14. The van der Waals surface area contributed by atoms with Crippen LogP contribution in [0.5, 0.6) is 5.88 Å². The van der Waals surface area contributed by atoms with Gasteiger partial charge in [-0.2, -0.15) is 0 Å². The molecular weight excluding hydrogens is 402 g/mol. The third kappa shape index (κ3) is 3.48. The number of ether oxygens (including phenoxy) is 3. The lowest BCUT2D eigenvalue weighted by molar-refractivity contribution is -0.0396. The van der Waals surface area contributed by atoms with Crippen LogP contribution in [-0.4, -0.2) is 58.9 Å². The second kappa shape index (κ2) is 7.86. The van der Waals surface area contributed by atoms with Gasteiger partial charge in [0, 0.05) is 30.5 Å². The molecule has 2 aliphatic heterocycles. The number of morpholine rings is 1. The number of aromatic nitrogens is 4. The average molecular weight is 430 g/mol. The van der Waals surface area contributed by atoms with Crippen LogP contribution in [0, 0.1) is 0 Å². The van der Waals surface area contributed by atoms with Gasteiger partial charge in [0.1, 0.15) is 20.9 Å². The summed E-state index contributed by atoms with van der Waals surface area (Å²) in [6.07, 6.45) is 2.86. The van der Waals surface area contributed by atoms with Crippen molar-refractivity contribution >= 4 is 37.6 Å². The molecule has 5 heterocycles. The lowest BCUT2D eigenvalue weighted by atomic mass is 9.90. The largest absolute Gasteiger partial charge is 0.476 e. The molecule has 3 aromatic rings. The molecule has 0 atom stereocenters. The van der Waals surface area contributed by atoms with E-state index in [-0.39, 0.29) is 5.60 Å². The van der Waals surface area contributed by atoms with E-state index in [0.29, 0.717) is 19.1 Å². The molecule has 1 fully saturated rings. The zero-order valence-corrected chi connectivity index (χ0v) is 18.5.